The average molecular weight is 618 g/mol. The van der Waals surface area contributed by atoms with Crippen LogP contribution in [0, 0.1) is 0 Å². The van der Waals surface area contributed by atoms with Crippen molar-refractivity contribution in [3.8, 4) is 22.5 Å². The summed E-state index contributed by atoms with van der Waals surface area (Å²) in [5.74, 6) is -0.241. The van der Waals surface area contributed by atoms with Crippen LogP contribution in [0.25, 0.3) is 39.5 Å². The second kappa shape index (κ2) is 14.7. The van der Waals surface area contributed by atoms with Crippen LogP contribution in [0.5, 0.6) is 0 Å². The molecule has 0 amide bonds. The first-order valence-corrected chi connectivity index (χ1v) is 15.9. The van der Waals surface area contributed by atoms with Gasteiger partial charge in [-0.25, -0.2) is 14.2 Å². The first kappa shape index (κ1) is 32.2. The number of hydrogen-bond donors (Lipinski definition) is 0. The van der Waals surface area contributed by atoms with Crippen LogP contribution in [0.2, 0.25) is 0 Å². The Morgan fingerprint density at radius 3 is 2.17 bits per heavy atom. The SMILES string of the molecule is C=Cc1ccc(C(=O)OCCOC(=O)c2ccccc2-c2c3ccc(=[N+](CC)CC)cc-3oc3cc(N(CC)CC)ccc23)cc1. The van der Waals surface area contributed by atoms with Crippen molar-refractivity contribution in [3.05, 3.63) is 114 Å². The van der Waals surface area contributed by atoms with Crippen LogP contribution >= 0.6 is 0 Å². The summed E-state index contributed by atoms with van der Waals surface area (Å²) in [5.41, 5.74) is 6.09. The van der Waals surface area contributed by atoms with Gasteiger partial charge in [0.15, 0.2) is 0 Å². The van der Waals surface area contributed by atoms with E-state index in [4.69, 9.17) is 13.9 Å². The summed E-state index contributed by atoms with van der Waals surface area (Å²) >= 11 is 0. The first-order valence-electron chi connectivity index (χ1n) is 15.9. The summed E-state index contributed by atoms with van der Waals surface area (Å²) in [6, 6.07) is 26.9. The van der Waals surface area contributed by atoms with Crippen LogP contribution in [0.1, 0.15) is 54.0 Å². The van der Waals surface area contributed by atoms with Crippen molar-refractivity contribution in [2.24, 2.45) is 0 Å². The molecule has 1 aliphatic heterocycles. The van der Waals surface area contributed by atoms with E-state index in [1.54, 1.807) is 36.4 Å². The van der Waals surface area contributed by atoms with Gasteiger partial charge in [-0.3, -0.25) is 0 Å². The zero-order valence-corrected chi connectivity index (χ0v) is 27.0. The van der Waals surface area contributed by atoms with Crippen molar-refractivity contribution in [1.29, 1.82) is 0 Å². The Kier molecular flexibility index (Phi) is 10.3. The molecule has 0 unspecified atom stereocenters. The van der Waals surface area contributed by atoms with Gasteiger partial charge in [-0.2, -0.15) is 0 Å². The third kappa shape index (κ3) is 6.74. The Morgan fingerprint density at radius 2 is 1.50 bits per heavy atom. The number of rotatable bonds is 12. The van der Waals surface area contributed by atoms with Crippen molar-refractivity contribution < 1.29 is 23.5 Å². The van der Waals surface area contributed by atoms with Gasteiger partial charge in [0.2, 0.25) is 5.36 Å². The first-order chi connectivity index (χ1) is 22.4. The highest BCUT2D eigenvalue weighted by Crippen LogP contribution is 2.42. The molecule has 5 rings (SSSR count). The molecule has 0 bridgehead atoms. The van der Waals surface area contributed by atoms with E-state index in [-0.39, 0.29) is 13.2 Å². The Bertz CT molecular complexity index is 1890. The fourth-order valence-electron chi connectivity index (χ4n) is 5.79. The summed E-state index contributed by atoms with van der Waals surface area (Å²) in [6.07, 6.45) is 1.70. The maximum atomic E-state index is 13.5. The van der Waals surface area contributed by atoms with Crippen molar-refractivity contribution in [2.75, 3.05) is 44.3 Å². The smallest absolute Gasteiger partial charge is 0.338 e. The van der Waals surface area contributed by atoms with E-state index >= 15 is 0 Å². The molecule has 46 heavy (non-hydrogen) atoms. The Hall–Kier alpha value is -5.17. The fraction of sp³-hybridized carbons (Fsp3) is 0.256. The minimum absolute atomic E-state index is 0.0612. The van der Waals surface area contributed by atoms with Crippen LogP contribution in [-0.2, 0) is 9.47 Å². The largest absolute Gasteiger partial charge is 0.458 e. The highest BCUT2D eigenvalue weighted by atomic mass is 16.6. The lowest BCUT2D eigenvalue weighted by molar-refractivity contribution is 0.0266. The molecule has 2 aliphatic rings. The van der Waals surface area contributed by atoms with E-state index in [1.807, 2.05) is 18.2 Å². The van der Waals surface area contributed by atoms with Gasteiger partial charge < -0.3 is 18.8 Å². The molecule has 1 heterocycles. The normalized spacial score (nSPS) is 11.0. The number of benzene rings is 4. The molecule has 7 heteroatoms. The van der Waals surface area contributed by atoms with Crippen LogP contribution in [-0.4, -0.2) is 51.3 Å². The third-order valence-electron chi connectivity index (χ3n) is 8.29. The number of nitrogens with zero attached hydrogens (tertiary/aromatic N) is 2. The maximum absolute atomic E-state index is 13.5. The van der Waals surface area contributed by atoms with Gasteiger partial charge in [-0.05, 0) is 75.2 Å². The van der Waals surface area contributed by atoms with Crippen molar-refractivity contribution in [2.45, 2.75) is 27.7 Å². The maximum Gasteiger partial charge on any atom is 0.338 e. The Balaban J connectivity index is 1.51. The quantitative estimate of drug-likeness (QED) is 0.0624. The van der Waals surface area contributed by atoms with Crippen molar-refractivity contribution in [1.82, 2.24) is 4.58 Å². The summed E-state index contributed by atoms with van der Waals surface area (Å²) < 4.78 is 19.9. The molecule has 236 valence electrons. The molecule has 3 aromatic carbocycles. The molecule has 0 fully saturated rings. The number of anilines is 1. The highest BCUT2D eigenvalue weighted by Gasteiger charge is 2.23. The number of hydrogen-bond acceptors (Lipinski definition) is 6. The molecule has 1 aliphatic carbocycles. The van der Waals surface area contributed by atoms with Crippen LogP contribution in [0.15, 0.2) is 95.9 Å². The summed E-state index contributed by atoms with van der Waals surface area (Å²) in [7, 11) is 0. The van der Waals surface area contributed by atoms with E-state index in [1.165, 1.54) is 0 Å². The second-order valence-corrected chi connectivity index (χ2v) is 10.8. The second-order valence-electron chi connectivity index (χ2n) is 10.8. The Labute approximate surface area is 270 Å². The topological polar surface area (TPSA) is 72.0 Å². The van der Waals surface area contributed by atoms with E-state index in [0.29, 0.717) is 11.1 Å². The molecular formula is C39H41N2O5+. The lowest BCUT2D eigenvalue weighted by Gasteiger charge is -2.22. The lowest BCUT2D eigenvalue weighted by Crippen LogP contribution is -2.29. The standard InChI is InChI=1S/C39H41N2O5/c1-6-27-15-17-28(18-16-27)38(42)44-23-24-45-39(43)32-14-12-11-13-31(32)37-33-21-19-29(40(7-2)8-3)25-35(33)46-36-26-30(20-22-34(36)37)41(9-4)10-5/h6,11-22,25-26H,1,7-10,23-24H2,2-5H3/q+1. The van der Waals surface area contributed by atoms with Gasteiger partial charge in [-0.15, -0.1) is 0 Å². The average Bonchev–Trinajstić information content (AvgIpc) is 3.10. The molecule has 0 spiro atoms. The molecular weight excluding hydrogens is 576 g/mol. The van der Waals surface area contributed by atoms with E-state index < -0.39 is 11.9 Å². The minimum Gasteiger partial charge on any atom is -0.458 e. The predicted octanol–water partition coefficient (Wildman–Crippen LogP) is 7.52. The fourth-order valence-corrected chi connectivity index (χ4v) is 5.79. The highest BCUT2D eigenvalue weighted by molar-refractivity contribution is 6.08. The monoisotopic (exact) mass is 617 g/mol. The van der Waals surface area contributed by atoms with Gasteiger partial charge in [0.25, 0.3) is 0 Å². The molecule has 0 saturated heterocycles. The van der Waals surface area contributed by atoms with Crippen molar-refractivity contribution in [3.63, 3.8) is 0 Å². The zero-order valence-electron chi connectivity index (χ0n) is 27.0. The van der Waals surface area contributed by atoms with Gasteiger partial charge in [-0.1, -0.05) is 43.0 Å². The van der Waals surface area contributed by atoms with Crippen LogP contribution < -0.4 is 14.8 Å². The lowest BCUT2D eigenvalue weighted by atomic mass is 9.90. The number of carbonyl (C=O) groups is 2. The molecule has 0 saturated carbocycles. The molecule has 0 radical (unpaired) electrons. The molecule has 7 nitrogen and oxygen atoms in total. The molecule has 0 aromatic heterocycles. The summed E-state index contributed by atoms with van der Waals surface area (Å²) in [5, 5.41) is 1.97. The number of esters is 2. The van der Waals surface area contributed by atoms with Crippen LogP contribution in [0.4, 0.5) is 5.69 Å². The van der Waals surface area contributed by atoms with Gasteiger partial charge in [0.05, 0.1) is 17.2 Å². The number of carbonyl (C=O) groups excluding carboxylic acids is 2. The van der Waals surface area contributed by atoms with Crippen molar-refractivity contribution >= 4 is 34.7 Å². The Morgan fingerprint density at radius 1 is 0.804 bits per heavy atom. The molecule has 0 atom stereocenters. The minimum atomic E-state index is -0.497. The van der Waals surface area contributed by atoms with Gasteiger partial charge >= 0.3 is 11.9 Å². The summed E-state index contributed by atoms with van der Waals surface area (Å²) in [6.45, 7) is 15.6. The predicted molar refractivity (Wildman–Crippen MR) is 185 cm³/mol. The van der Waals surface area contributed by atoms with Gasteiger partial charge in [0, 0.05) is 47.4 Å². The van der Waals surface area contributed by atoms with E-state index in [9.17, 15) is 9.59 Å². The number of ether oxygens (including phenoxy) is 2. The van der Waals surface area contributed by atoms with E-state index in [0.717, 1.165) is 76.2 Å². The molecule has 3 aromatic rings. The number of fused-ring (bicyclic) bond motifs is 2. The summed E-state index contributed by atoms with van der Waals surface area (Å²) in [4.78, 5) is 28.3. The van der Waals surface area contributed by atoms with Gasteiger partial charge in [0.1, 0.15) is 37.6 Å². The zero-order chi connectivity index (χ0) is 32.6. The van der Waals surface area contributed by atoms with E-state index in [2.05, 4.69) is 80.1 Å². The molecule has 0 N–H and O–H groups in total. The third-order valence-corrected chi connectivity index (χ3v) is 8.29. The van der Waals surface area contributed by atoms with Crippen LogP contribution in [0.3, 0.4) is 0 Å².